The Hall–Kier alpha value is -2.82. The van der Waals surface area contributed by atoms with Gasteiger partial charge in [-0.15, -0.1) is 0 Å². The highest BCUT2D eigenvalue weighted by Gasteiger charge is 2.20. The number of amides is 2. The van der Waals surface area contributed by atoms with Crippen LogP contribution in [0.2, 0.25) is 0 Å². The molecule has 2 amide bonds. The summed E-state index contributed by atoms with van der Waals surface area (Å²) in [5.41, 5.74) is 4.25. The molecule has 0 atom stereocenters. The number of para-hydroxylation sites is 1. The number of carbonyl (C=O) groups excluding carboxylic acids is 2. The van der Waals surface area contributed by atoms with Crippen LogP contribution >= 0.6 is 0 Å². The molecule has 0 unspecified atom stereocenters. The zero-order valence-electron chi connectivity index (χ0n) is 16.0. The molecule has 1 fully saturated rings. The molecule has 142 valence electrons. The topological polar surface area (TPSA) is 70.2 Å². The molecule has 0 aromatic heterocycles. The van der Waals surface area contributed by atoms with Crippen LogP contribution in [0.1, 0.15) is 47.2 Å². The molecule has 2 aromatic rings. The van der Waals surface area contributed by atoms with Crippen LogP contribution in [0.25, 0.3) is 0 Å². The summed E-state index contributed by atoms with van der Waals surface area (Å²) >= 11 is 0. The van der Waals surface area contributed by atoms with Crippen LogP contribution < -0.4 is 16.0 Å². The molecule has 0 saturated heterocycles. The summed E-state index contributed by atoms with van der Waals surface area (Å²) in [6.45, 7) is 4.19. The van der Waals surface area contributed by atoms with Crippen molar-refractivity contribution in [1.82, 2.24) is 5.32 Å². The Morgan fingerprint density at radius 3 is 2.37 bits per heavy atom. The van der Waals surface area contributed by atoms with Gasteiger partial charge in [0.2, 0.25) is 5.91 Å². The summed E-state index contributed by atoms with van der Waals surface area (Å²) < 4.78 is 0. The van der Waals surface area contributed by atoms with Crippen molar-refractivity contribution >= 4 is 23.2 Å². The van der Waals surface area contributed by atoms with Crippen LogP contribution in [0, 0.1) is 13.8 Å². The number of nitrogens with one attached hydrogen (secondary N) is 3. The number of rotatable bonds is 6. The molecule has 1 saturated carbocycles. The summed E-state index contributed by atoms with van der Waals surface area (Å²) in [5.74, 6) is -0.310. The average Bonchev–Trinajstić information content (AvgIpc) is 3.12. The van der Waals surface area contributed by atoms with Crippen LogP contribution in [0.3, 0.4) is 0 Å². The minimum absolute atomic E-state index is 0.125. The molecule has 5 nitrogen and oxygen atoms in total. The van der Waals surface area contributed by atoms with E-state index in [9.17, 15) is 9.59 Å². The van der Waals surface area contributed by atoms with Crippen molar-refractivity contribution in [2.45, 2.75) is 45.6 Å². The second-order valence-electron chi connectivity index (χ2n) is 7.28. The van der Waals surface area contributed by atoms with E-state index in [0.717, 1.165) is 42.5 Å². The number of hydrogen-bond acceptors (Lipinski definition) is 3. The Balaban J connectivity index is 1.61. The SMILES string of the molecule is Cc1cc(C)cc(NCC(=O)Nc2ccccc2C(=O)NC2CCCC2)c1. The first kappa shape index (κ1) is 19.0. The molecule has 0 spiro atoms. The Morgan fingerprint density at radius 2 is 1.67 bits per heavy atom. The van der Waals surface area contributed by atoms with Crippen molar-refractivity contribution < 1.29 is 9.59 Å². The van der Waals surface area contributed by atoms with E-state index in [4.69, 9.17) is 0 Å². The van der Waals surface area contributed by atoms with Gasteiger partial charge in [-0.05, 0) is 62.1 Å². The summed E-state index contributed by atoms with van der Waals surface area (Å²) in [4.78, 5) is 24.9. The number of carbonyl (C=O) groups is 2. The highest BCUT2D eigenvalue weighted by Crippen LogP contribution is 2.20. The maximum atomic E-state index is 12.6. The van der Waals surface area contributed by atoms with E-state index in [1.165, 1.54) is 0 Å². The van der Waals surface area contributed by atoms with Crippen molar-refractivity contribution in [3.8, 4) is 0 Å². The summed E-state index contributed by atoms with van der Waals surface area (Å²) in [6.07, 6.45) is 4.38. The van der Waals surface area contributed by atoms with Gasteiger partial charge >= 0.3 is 0 Å². The van der Waals surface area contributed by atoms with Gasteiger partial charge in [0.15, 0.2) is 0 Å². The van der Waals surface area contributed by atoms with E-state index >= 15 is 0 Å². The van der Waals surface area contributed by atoms with Crippen LogP contribution in [0.5, 0.6) is 0 Å². The van der Waals surface area contributed by atoms with E-state index in [2.05, 4.69) is 22.0 Å². The third kappa shape index (κ3) is 5.33. The monoisotopic (exact) mass is 365 g/mol. The lowest BCUT2D eigenvalue weighted by molar-refractivity contribution is -0.114. The minimum Gasteiger partial charge on any atom is -0.376 e. The van der Waals surface area contributed by atoms with Gasteiger partial charge in [-0.1, -0.05) is 31.0 Å². The third-order valence-electron chi connectivity index (χ3n) is 4.81. The van der Waals surface area contributed by atoms with Crippen molar-refractivity contribution in [3.05, 3.63) is 59.2 Å². The minimum atomic E-state index is -0.185. The van der Waals surface area contributed by atoms with E-state index in [0.29, 0.717) is 11.3 Å². The second-order valence-corrected chi connectivity index (χ2v) is 7.28. The van der Waals surface area contributed by atoms with Crippen molar-refractivity contribution in [2.24, 2.45) is 0 Å². The molecular formula is C22H27N3O2. The number of aryl methyl sites for hydroxylation is 2. The van der Waals surface area contributed by atoms with Crippen LogP contribution in [0.15, 0.2) is 42.5 Å². The van der Waals surface area contributed by atoms with Crippen LogP contribution in [0.4, 0.5) is 11.4 Å². The largest absolute Gasteiger partial charge is 0.376 e. The Kier molecular flexibility index (Phi) is 6.12. The van der Waals surface area contributed by atoms with E-state index < -0.39 is 0 Å². The van der Waals surface area contributed by atoms with Gasteiger partial charge in [0.25, 0.3) is 5.91 Å². The third-order valence-corrected chi connectivity index (χ3v) is 4.81. The number of anilines is 2. The Morgan fingerprint density at radius 1 is 1.00 bits per heavy atom. The molecule has 0 radical (unpaired) electrons. The molecule has 0 bridgehead atoms. The molecule has 3 N–H and O–H groups in total. The molecule has 3 rings (SSSR count). The molecule has 1 aliphatic rings. The second kappa shape index (κ2) is 8.71. The maximum Gasteiger partial charge on any atom is 0.253 e. The zero-order chi connectivity index (χ0) is 19.2. The van der Waals surface area contributed by atoms with Crippen molar-refractivity contribution in [2.75, 3.05) is 17.2 Å². The summed E-state index contributed by atoms with van der Waals surface area (Å²) in [6, 6.07) is 13.5. The lowest BCUT2D eigenvalue weighted by Crippen LogP contribution is -2.33. The Labute approximate surface area is 160 Å². The average molecular weight is 365 g/mol. The normalized spacial score (nSPS) is 14.0. The fourth-order valence-electron chi connectivity index (χ4n) is 3.58. The highest BCUT2D eigenvalue weighted by molar-refractivity contribution is 6.04. The number of hydrogen-bond donors (Lipinski definition) is 3. The van der Waals surface area contributed by atoms with Gasteiger partial charge in [-0.3, -0.25) is 9.59 Å². The zero-order valence-corrected chi connectivity index (χ0v) is 16.0. The summed E-state index contributed by atoms with van der Waals surface area (Å²) in [7, 11) is 0. The summed E-state index contributed by atoms with van der Waals surface area (Å²) in [5, 5.41) is 9.07. The van der Waals surface area contributed by atoms with Crippen LogP contribution in [-0.2, 0) is 4.79 Å². The first-order valence-corrected chi connectivity index (χ1v) is 9.53. The predicted octanol–water partition coefficient (Wildman–Crippen LogP) is 4.03. The molecule has 2 aromatic carbocycles. The Bertz CT molecular complexity index is 806. The molecular weight excluding hydrogens is 338 g/mol. The first-order valence-electron chi connectivity index (χ1n) is 9.53. The first-order chi connectivity index (χ1) is 13.0. The van der Waals surface area contributed by atoms with Crippen molar-refractivity contribution in [3.63, 3.8) is 0 Å². The molecule has 1 aliphatic carbocycles. The van der Waals surface area contributed by atoms with Gasteiger partial charge in [-0.25, -0.2) is 0 Å². The van der Waals surface area contributed by atoms with E-state index in [1.807, 2.05) is 38.1 Å². The van der Waals surface area contributed by atoms with Crippen LogP contribution in [-0.4, -0.2) is 24.4 Å². The highest BCUT2D eigenvalue weighted by atomic mass is 16.2. The van der Waals surface area contributed by atoms with Gasteiger partial charge in [0.1, 0.15) is 0 Å². The molecule has 0 heterocycles. The predicted molar refractivity (Wildman–Crippen MR) is 109 cm³/mol. The fourth-order valence-corrected chi connectivity index (χ4v) is 3.58. The lowest BCUT2D eigenvalue weighted by atomic mass is 10.1. The van der Waals surface area contributed by atoms with E-state index in [-0.39, 0.29) is 24.4 Å². The fraction of sp³-hybridized carbons (Fsp3) is 0.364. The lowest BCUT2D eigenvalue weighted by Gasteiger charge is -2.15. The smallest absolute Gasteiger partial charge is 0.253 e. The maximum absolute atomic E-state index is 12.6. The van der Waals surface area contributed by atoms with E-state index in [1.54, 1.807) is 12.1 Å². The molecule has 27 heavy (non-hydrogen) atoms. The quantitative estimate of drug-likeness (QED) is 0.724. The van der Waals surface area contributed by atoms with Gasteiger partial charge in [-0.2, -0.15) is 0 Å². The van der Waals surface area contributed by atoms with Gasteiger partial charge in [0, 0.05) is 11.7 Å². The van der Waals surface area contributed by atoms with Crippen molar-refractivity contribution in [1.29, 1.82) is 0 Å². The van der Waals surface area contributed by atoms with Gasteiger partial charge < -0.3 is 16.0 Å². The number of benzene rings is 2. The molecule has 0 aliphatic heterocycles. The molecule has 5 heteroatoms. The standard InChI is InChI=1S/C22H27N3O2/c1-15-11-16(2)13-18(12-15)23-14-21(26)25-20-10-6-5-9-19(20)22(27)24-17-7-3-4-8-17/h5-6,9-13,17,23H,3-4,7-8,14H2,1-2H3,(H,24,27)(H,25,26). The van der Waals surface area contributed by atoms with Gasteiger partial charge in [0.05, 0.1) is 17.8 Å².